The third-order valence-corrected chi connectivity index (χ3v) is 7.79. The molecule has 7 rings (SSSR count). The van der Waals surface area contributed by atoms with E-state index in [9.17, 15) is 0 Å². The molecule has 0 fully saturated rings. The van der Waals surface area contributed by atoms with Crippen molar-refractivity contribution in [2.24, 2.45) is 0 Å². The van der Waals surface area contributed by atoms with Gasteiger partial charge in [-0.1, -0.05) is 114 Å². The average molecular weight is 479 g/mol. The quantitative estimate of drug-likeness (QED) is 0.234. The van der Waals surface area contributed by atoms with Gasteiger partial charge in [0, 0.05) is 16.8 Å². The molecular weight excluding hydrogens is 456 g/mol. The summed E-state index contributed by atoms with van der Waals surface area (Å²) in [6.45, 7) is 0. The minimum absolute atomic E-state index is 0.962. The first-order chi connectivity index (χ1) is 17.8. The fourth-order valence-electron chi connectivity index (χ4n) is 4.94. The van der Waals surface area contributed by atoms with Gasteiger partial charge in [-0.15, -0.1) is 0 Å². The molecule has 36 heavy (non-hydrogen) atoms. The fourth-order valence-corrected chi connectivity index (χ4v) is 6.07. The second-order valence-electron chi connectivity index (χ2n) is 8.88. The minimum atomic E-state index is 0.962. The van der Waals surface area contributed by atoms with Crippen LogP contribution in [0.15, 0.2) is 133 Å². The van der Waals surface area contributed by atoms with Crippen LogP contribution < -0.4 is 4.90 Å². The predicted octanol–water partition coefficient (Wildman–Crippen LogP) is 9.74. The van der Waals surface area contributed by atoms with E-state index in [2.05, 4.69) is 138 Å². The molecule has 0 bridgehead atoms. The van der Waals surface area contributed by atoms with E-state index < -0.39 is 0 Å². The van der Waals surface area contributed by atoms with Gasteiger partial charge in [-0.25, -0.2) is 4.98 Å². The van der Waals surface area contributed by atoms with Gasteiger partial charge in [0.1, 0.15) is 0 Å². The number of hydrogen-bond donors (Lipinski definition) is 0. The maximum Gasteiger partial charge on any atom is 0.195 e. The van der Waals surface area contributed by atoms with Crippen molar-refractivity contribution in [1.29, 1.82) is 0 Å². The van der Waals surface area contributed by atoms with E-state index in [4.69, 9.17) is 4.98 Å². The first-order valence-electron chi connectivity index (χ1n) is 12.1. The van der Waals surface area contributed by atoms with Gasteiger partial charge in [-0.05, 0) is 57.6 Å². The van der Waals surface area contributed by atoms with Gasteiger partial charge in [-0.3, -0.25) is 4.90 Å². The summed E-state index contributed by atoms with van der Waals surface area (Å²) in [4.78, 5) is 7.38. The predicted molar refractivity (Wildman–Crippen MR) is 155 cm³/mol. The van der Waals surface area contributed by atoms with E-state index in [-0.39, 0.29) is 0 Å². The van der Waals surface area contributed by atoms with Gasteiger partial charge in [0.05, 0.1) is 10.2 Å². The maximum atomic E-state index is 5.12. The van der Waals surface area contributed by atoms with Gasteiger partial charge >= 0.3 is 0 Å². The molecular formula is C33H22N2S. The first-order valence-corrected chi connectivity index (χ1v) is 12.9. The standard InChI is InChI=1S/C33H22N2S/c1-3-9-23(10-4-1)24-15-18-27(19-16-24)35(26-12-5-2-6-13-26)33-34-31-22-21-29-28-14-8-7-11-25(28)17-20-30(29)32(31)36-33/h1-22H. The first kappa shape index (κ1) is 20.9. The smallest absolute Gasteiger partial charge is 0.195 e. The monoisotopic (exact) mass is 478 g/mol. The summed E-state index contributed by atoms with van der Waals surface area (Å²) in [7, 11) is 0. The second kappa shape index (κ2) is 8.63. The van der Waals surface area contributed by atoms with Crippen molar-refractivity contribution in [2.75, 3.05) is 4.90 Å². The largest absolute Gasteiger partial charge is 0.286 e. The van der Waals surface area contributed by atoms with Gasteiger partial charge in [0.2, 0.25) is 0 Å². The van der Waals surface area contributed by atoms with Crippen LogP contribution in [-0.4, -0.2) is 4.98 Å². The SMILES string of the molecule is c1ccc(-c2ccc(N(c3ccccc3)c3nc4ccc5c6ccccc6ccc5c4s3)cc2)cc1. The Morgan fingerprint density at radius 3 is 1.92 bits per heavy atom. The Hall–Kier alpha value is -4.47. The normalized spacial score (nSPS) is 11.3. The number of hydrogen-bond acceptors (Lipinski definition) is 3. The highest BCUT2D eigenvalue weighted by molar-refractivity contribution is 7.23. The van der Waals surface area contributed by atoms with E-state index in [1.54, 1.807) is 11.3 Å². The molecule has 0 saturated heterocycles. The Morgan fingerprint density at radius 1 is 0.472 bits per heavy atom. The summed E-state index contributed by atoms with van der Waals surface area (Å²) in [5.74, 6) is 0. The van der Waals surface area contributed by atoms with Crippen LogP contribution in [0.1, 0.15) is 0 Å². The van der Waals surface area contributed by atoms with Crippen LogP contribution in [0.3, 0.4) is 0 Å². The number of rotatable bonds is 4. The molecule has 6 aromatic carbocycles. The molecule has 0 amide bonds. The summed E-state index contributed by atoms with van der Waals surface area (Å²) in [6.07, 6.45) is 0. The molecule has 0 saturated carbocycles. The topological polar surface area (TPSA) is 16.1 Å². The second-order valence-corrected chi connectivity index (χ2v) is 9.85. The Balaban J connectivity index is 1.39. The van der Waals surface area contributed by atoms with E-state index in [0.29, 0.717) is 0 Å². The highest BCUT2D eigenvalue weighted by Crippen LogP contribution is 2.42. The highest BCUT2D eigenvalue weighted by atomic mass is 32.1. The van der Waals surface area contributed by atoms with Crippen LogP contribution in [0, 0.1) is 0 Å². The molecule has 170 valence electrons. The van der Waals surface area contributed by atoms with E-state index >= 15 is 0 Å². The number of thiazole rings is 1. The molecule has 1 heterocycles. The lowest BCUT2D eigenvalue weighted by molar-refractivity contribution is 1.25. The lowest BCUT2D eigenvalue weighted by Crippen LogP contribution is -2.09. The number of benzene rings is 6. The summed E-state index contributed by atoms with van der Waals surface area (Å²) in [5, 5.41) is 6.03. The molecule has 1 aromatic heterocycles. The molecule has 0 radical (unpaired) electrons. The van der Waals surface area contributed by atoms with Crippen molar-refractivity contribution in [3.05, 3.63) is 133 Å². The fraction of sp³-hybridized carbons (Fsp3) is 0. The maximum absolute atomic E-state index is 5.12. The third kappa shape index (κ3) is 3.53. The van der Waals surface area contributed by atoms with Crippen LogP contribution >= 0.6 is 11.3 Å². The lowest BCUT2D eigenvalue weighted by atomic mass is 10.0. The summed E-state index contributed by atoms with van der Waals surface area (Å²) < 4.78 is 1.22. The van der Waals surface area contributed by atoms with Crippen molar-refractivity contribution in [2.45, 2.75) is 0 Å². The van der Waals surface area contributed by atoms with Crippen LogP contribution in [-0.2, 0) is 0 Å². The van der Waals surface area contributed by atoms with Crippen molar-refractivity contribution >= 4 is 59.6 Å². The zero-order chi connectivity index (χ0) is 23.9. The van der Waals surface area contributed by atoms with Gasteiger partial charge in [0.15, 0.2) is 5.13 Å². The number of anilines is 3. The zero-order valence-corrected chi connectivity index (χ0v) is 20.3. The van der Waals surface area contributed by atoms with Crippen LogP contribution in [0.25, 0.3) is 42.9 Å². The van der Waals surface area contributed by atoms with E-state index in [1.807, 2.05) is 0 Å². The summed E-state index contributed by atoms with van der Waals surface area (Å²) >= 11 is 1.75. The number of para-hydroxylation sites is 1. The van der Waals surface area contributed by atoms with Crippen molar-refractivity contribution in [1.82, 2.24) is 4.98 Å². The van der Waals surface area contributed by atoms with Crippen molar-refractivity contribution in [3.63, 3.8) is 0 Å². The van der Waals surface area contributed by atoms with Gasteiger partial charge < -0.3 is 0 Å². The summed E-state index contributed by atoms with van der Waals surface area (Å²) in [6, 6.07) is 47.2. The van der Waals surface area contributed by atoms with E-state index in [0.717, 1.165) is 22.0 Å². The average Bonchev–Trinajstić information content (AvgIpc) is 3.38. The van der Waals surface area contributed by atoms with Gasteiger partial charge in [0.25, 0.3) is 0 Å². The molecule has 0 spiro atoms. The number of aromatic nitrogens is 1. The van der Waals surface area contributed by atoms with Crippen LogP contribution in [0.2, 0.25) is 0 Å². The molecule has 0 atom stereocenters. The Bertz CT molecular complexity index is 1820. The molecule has 7 aromatic rings. The number of fused-ring (bicyclic) bond motifs is 5. The molecule has 0 aliphatic carbocycles. The van der Waals surface area contributed by atoms with Gasteiger partial charge in [-0.2, -0.15) is 0 Å². The third-order valence-electron chi connectivity index (χ3n) is 6.70. The Labute approximate surface area is 213 Å². The molecule has 0 N–H and O–H groups in total. The van der Waals surface area contributed by atoms with Crippen LogP contribution in [0.5, 0.6) is 0 Å². The Kier molecular flexibility index (Phi) is 5.00. The molecule has 3 heteroatoms. The zero-order valence-electron chi connectivity index (χ0n) is 19.5. The molecule has 0 unspecified atom stereocenters. The van der Waals surface area contributed by atoms with Crippen molar-refractivity contribution < 1.29 is 0 Å². The van der Waals surface area contributed by atoms with E-state index in [1.165, 1.54) is 37.4 Å². The summed E-state index contributed by atoms with van der Waals surface area (Å²) in [5.41, 5.74) is 5.64. The highest BCUT2D eigenvalue weighted by Gasteiger charge is 2.18. The molecule has 0 aliphatic rings. The lowest BCUT2D eigenvalue weighted by Gasteiger charge is -2.22. The molecule has 0 aliphatic heterocycles. The Morgan fingerprint density at radius 2 is 1.11 bits per heavy atom. The molecule has 2 nitrogen and oxygen atoms in total. The van der Waals surface area contributed by atoms with Crippen LogP contribution in [0.4, 0.5) is 16.5 Å². The van der Waals surface area contributed by atoms with Crippen molar-refractivity contribution in [3.8, 4) is 11.1 Å². The minimum Gasteiger partial charge on any atom is -0.286 e. The number of nitrogens with zero attached hydrogens (tertiary/aromatic N) is 2.